The molecule has 4 aromatic rings. The summed E-state index contributed by atoms with van der Waals surface area (Å²) < 4.78 is 20.8. The molecule has 2 heterocycles. The quantitative estimate of drug-likeness (QED) is 0.356. The molecule has 0 radical (unpaired) electrons. The standard InChI is InChI=1S/C22H20FN7O2/c1-4-26-30(24-2)15-10-8-14(9-11-15)13-29-21-18(27-22(29)31)12-25-20(28-21)16-6-5-7-17(23)19(16)32-3/h4-12H,2,13H2,1,3H3,(H,27,31)/b26-4-. The molecule has 0 atom stereocenters. The van der Waals surface area contributed by atoms with Crippen LogP contribution in [-0.4, -0.2) is 39.6 Å². The smallest absolute Gasteiger partial charge is 0.328 e. The fraction of sp³-hybridized carbons (Fsp3) is 0.136. The molecule has 0 aliphatic rings. The van der Waals surface area contributed by atoms with E-state index in [9.17, 15) is 9.18 Å². The summed E-state index contributed by atoms with van der Waals surface area (Å²) in [6, 6.07) is 11.9. The number of benzene rings is 2. The molecule has 0 aliphatic heterocycles. The third kappa shape index (κ3) is 3.85. The molecule has 162 valence electrons. The Labute approximate surface area is 182 Å². The van der Waals surface area contributed by atoms with Crippen molar-refractivity contribution in [3.63, 3.8) is 0 Å². The van der Waals surface area contributed by atoms with E-state index in [1.165, 1.54) is 29.1 Å². The second-order valence-corrected chi connectivity index (χ2v) is 6.74. The van der Waals surface area contributed by atoms with Crippen molar-refractivity contribution >= 4 is 29.8 Å². The molecule has 9 nitrogen and oxygen atoms in total. The van der Waals surface area contributed by atoms with E-state index in [0.717, 1.165) is 11.3 Å². The molecule has 0 aliphatic carbocycles. The number of anilines is 1. The van der Waals surface area contributed by atoms with E-state index < -0.39 is 5.82 Å². The minimum absolute atomic E-state index is 0.0435. The predicted molar refractivity (Wildman–Crippen MR) is 122 cm³/mol. The summed E-state index contributed by atoms with van der Waals surface area (Å²) in [4.78, 5) is 24.1. The second kappa shape index (κ2) is 8.80. The summed E-state index contributed by atoms with van der Waals surface area (Å²) in [7, 11) is 1.38. The number of fused-ring (bicyclic) bond motifs is 1. The normalized spacial score (nSPS) is 11.2. The zero-order chi connectivity index (χ0) is 22.7. The number of para-hydroxylation sites is 1. The van der Waals surface area contributed by atoms with Gasteiger partial charge in [-0.05, 0) is 36.8 Å². The van der Waals surface area contributed by atoms with E-state index >= 15 is 0 Å². The van der Waals surface area contributed by atoms with Gasteiger partial charge in [-0.2, -0.15) is 15.3 Å². The number of hydrogen-bond acceptors (Lipinski definition) is 7. The van der Waals surface area contributed by atoms with Crippen molar-refractivity contribution in [2.24, 2.45) is 10.2 Å². The van der Waals surface area contributed by atoms with Crippen LogP contribution in [-0.2, 0) is 6.54 Å². The first kappa shape index (κ1) is 20.9. The maximum atomic E-state index is 14.1. The van der Waals surface area contributed by atoms with Gasteiger partial charge in [0.15, 0.2) is 23.0 Å². The maximum Gasteiger partial charge on any atom is 0.328 e. The number of halogens is 1. The van der Waals surface area contributed by atoms with E-state index in [2.05, 4.69) is 31.9 Å². The third-order valence-corrected chi connectivity index (χ3v) is 4.79. The van der Waals surface area contributed by atoms with Crippen molar-refractivity contribution < 1.29 is 9.13 Å². The lowest BCUT2D eigenvalue weighted by atomic mass is 10.2. The SMILES string of the molecule is C=NN(/N=C\C)c1ccc(Cn2c(=O)[nH]c3cnc(-c4cccc(F)c4OC)nc32)cc1. The fourth-order valence-corrected chi connectivity index (χ4v) is 3.33. The van der Waals surface area contributed by atoms with E-state index in [4.69, 9.17) is 4.74 Å². The third-order valence-electron chi connectivity index (χ3n) is 4.79. The van der Waals surface area contributed by atoms with Crippen LogP contribution in [0, 0.1) is 5.82 Å². The highest BCUT2D eigenvalue weighted by Gasteiger charge is 2.16. The molecule has 0 bridgehead atoms. The van der Waals surface area contributed by atoms with Crippen LogP contribution in [0.25, 0.3) is 22.6 Å². The van der Waals surface area contributed by atoms with Gasteiger partial charge in [0.25, 0.3) is 0 Å². The lowest BCUT2D eigenvalue weighted by Gasteiger charge is -2.12. The molecule has 0 unspecified atom stereocenters. The van der Waals surface area contributed by atoms with Crippen LogP contribution in [0.5, 0.6) is 5.75 Å². The van der Waals surface area contributed by atoms with Crippen molar-refractivity contribution in [1.82, 2.24) is 19.5 Å². The number of methoxy groups -OCH3 is 1. The molecule has 2 aromatic carbocycles. The highest BCUT2D eigenvalue weighted by atomic mass is 19.1. The largest absolute Gasteiger partial charge is 0.493 e. The number of imidazole rings is 1. The Morgan fingerprint density at radius 2 is 2.06 bits per heavy atom. The molecule has 0 saturated heterocycles. The van der Waals surface area contributed by atoms with Gasteiger partial charge < -0.3 is 9.72 Å². The summed E-state index contributed by atoms with van der Waals surface area (Å²) in [5.41, 5.74) is 2.55. The van der Waals surface area contributed by atoms with Gasteiger partial charge in [0.2, 0.25) is 0 Å². The summed E-state index contributed by atoms with van der Waals surface area (Å²) in [5, 5.41) is 9.33. The highest BCUT2D eigenvalue weighted by Crippen LogP contribution is 2.30. The van der Waals surface area contributed by atoms with Gasteiger partial charge in [0.1, 0.15) is 5.52 Å². The molecule has 32 heavy (non-hydrogen) atoms. The average Bonchev–Trinajstić information content (AvgIpc) is 3.12. The van der Waals surface area contributed by atoms with Gasteiger partial charge in [-0.25, -0.2) is 19.2 Å². The number of nitrogens with zero attached hydrogens (tertiary/aromatic N) is 6. The van der Waals surface area contributed by atoms with E-state index in [1.54, 1.807) is 25.3 Å². The van der Waals surface area contributed by atoms with Gasteiger partial charge in [0, 0.05) is 12.9 Å². The van der Waals surface area contributed by atoms with Gasteiger partial charge in [0.05, 0.1) is 31.1 Å². The topological polar surface area (TPSA) is 101 Å². The number of hydrazone groups is 2. The number of aromatic amines is 1. The minimum Gasteiger partial charge on any atom is -0.493 e. The van der Waals surface area contributed by atoms with Crippen molar-refractivity contribution in [1.29, 1.82) is 0 Å². The lowest BCUT2D eigenvalue weighted by molar-refractivity contribution is 0.388. The van der Waals surface area contributed by atoms with E-state index in [-0.39, 0.29) is 23.8 Å². The number of ether oxygens (including phenoxy) is 1. The number of rotatable bonds is 7. The molecule has 0 spiro atoms. The number of hydrogen-bond donors (Lipinski definition) is 1. The zero-order valence-electron chi connectivity index (χ0n) is 17.5. The van der Waals surface area contributed by atoms with E-state index in [0.29, 0.717) is 16.7 Å². The molecule has 4 rings (SSSR count). The highest BCUT2D eigenvalue weighted by molar-refractivity contribution is 5.74. The molecule has 1 N–H and O–H groups in total. The number of H-pyrrole nitrogens is 1. The fourth-order valence-electron chi connectivity index (χ4n) is 3.33. The van der Waals surface area contributed by atoms with Crippen LogP contribution >= 0.6 is 0 Å². The zero-order valence-corrected chi connectivity index (χ0v) is 17.5. The van der Waals surface area contributed by atoms with Gasteiger partial charge in [-0.3, -0.25) is 4.57 Å². The summed E-state index contributed by atoms with van der Waals surface area (Å²) in [6.45, 7) is 5.56. The second-order valence-electron chi connectivity index (χ2n) is 6.74. The molecule has 0 fully saturated rings. The lowest BCUT2D eigenvalue weighted by Crippen LogP contribution is -2.18. The molecule has 0 saturated carbocycles. The van der Waals surface area contributed by atoms with Crippen LogP contribution < -0.4 is 15.5 Å². The Morgan fingerprint density at radius 3 is 2.75 bits per heavy atom. The number of aromatic nitrogens is 4. The van der Waals surface area contributed by atoms with Crippen molar-refractivity contribution in [2.45, 2.75) is 13.5 Å². The first-order valence-electron chi connectivity index (χ1n) is 9.68. The summed E-state index contributed by atoms with van der Waals surface area (Å²) >= 11 is 0. The molecule has 0 amide bonds. The van der Waals surface area contributed by atoms with Gasteiger partial charge >= 0.3 is 5.69 Å². The average molecular weight is 433 g/mol. The Kier molecular flexibility index (Phi) is 5.75. The Hall–Kier alpha value is -4.34. The van der Waals surface area contributed by atoms with Gasteiger partial charge in [-0.1, -0.05) is 18.2 Å². The van der Waals surface area contributed by atoms with Crippen molar-refractivity contribution in [3.8, 4) is 17.1 Å². The molecular formula is C22H20FN7O2. The van der Waals surface area contributed by atoms with E-state index in [1.807, 2.05) is 24.3 Å². The Balaban J connectivity index is 1.72. The van der Waals surface area contributed by atoms with Crippen molar-refractivity contribution in [3.05, 3.63) is 70.5 Å². The van der Waals surface area contributed by atoms with Crippen LogP contribution in [0.2, 0.25) is 0 Å². The number of nitrogens with one attached hydrogen (secondary N) is 1. The molecule has 10 heteroatoms. The molecular weight excluding hydrogens is 413 g/mol. The Morgan fingerprint density at radius 1 is 1.28 bits per heavy atom. The van der Waals surface area contributed by atoms with Crippen LogP contribution in [0.4, 0.5) is 10.1 Å². The van der Waals surface area contributed by atoms with Gasteiger partial charge in [-0.15, -0.1) is 0 Å². The first-order chi connectivity index (χ1) is 15.5. The summed E-state index contributed by atoms with van der Waals surface area (Å²) in [5.74, 6) is -0.222. The summed E-state index contributed by atoms with van der Waals surface area (Å²) in [6.07, 6.45) is 3.11. The van der Waals surface area contributed by atoms with Crippen molar-refractivity contribution in [2.75, 3.05) is 12.2 Å². The minimum atomic E-state index is -0.518. The predicted octanol–water partition coefficient (Wildman–Crippen LogP) is 3.41. The Bertz CT molecular complexity index is 1360. The van der Waals surface area contributed by atoms with Crippen LogP contribution in [0.15, 0.2) is 63.7 Å². The maximum absolute atomic E-state index is 14.1. The first-order valence-corrected chi connectivity index (χ1v) is 9.68. The monoisotopic (exact) mass is 433 g/mol. The molecule has 2 aromatic heterocycles. The van der Waals surface area contributed by atoms with Crippen LogP contribution in [0.1, 0.15) is 12.5 Å². The van der Waals surface area contributed by atoms with Crippen LogP contribution in [0.3, 0.4) is 0 Å².